The molecule has 0 aliphatic heterocycles. The van der Waals surface area contributed by atoms with Crippen molar-refractivity contribution in [1.29, 1.82) is 5.26 Å². The first-order valence-electron chi connectivity index (χ1n) is 6.80. The first-order valence-corrected chi connectivity index (χ1v) is 7.59. The van der Waals surface area contributed by atoms with Crippen LogP contribution in [0.15, 0.2) is 46.9 Å². The van der Waals surface area contributed by atoms with Crippen molar-refractivity contribution in [1.82, 2.24) is 0 Å². The van der Waals surface area contributed by atoms with Crippen LogP contribution in [0.25, 0.3) is 11.6 Å². The van der Waals surface area contributed by atoms with Crippen molar-refractivity contribution >= 4 is 27.6 Å². The summed E-state index contributed by atoms with van der Waals surface area (Å²) in [6.07, 6.45) is 7.00. The second-order valence-electron chi connectivity index (χ2n) is 4.58. The summed E-state index contributed by atoms with van der Waals surface area (Å²) in [5, 5.41) is 9.40. The smallest absolute Gasteiger partial charge is 0.148 e. The average Bonchev–Trinajstić information content (AvgIpc) is 2.59. The Morgan fingerprint density at radius 1 is 1.26 bits per heavy atom. The van der Waals surface area contributed by atoms with Crippen molar-refractivity contribution in [3.05, 3.63) is 58.1 Å². The number of allylic oxidation sites excluding steroid dienone is 1. The zero-order valence-electron chi connectivity index (χ0n) is 12.5. The number of hydrogen-bond acceptors (Lipinski definition) is 3. The van der Waals surface area contributed by atoms with Gasteiger partial charge in [-0.2, -0.15) is 5.26 Å². The minimum Gasteiger partial charge on any atom is -0.497 e. The van der Waals surface area contributed by atoms with Crippen LogP contribution in [-0.2, 0) is 0 Å². The molecule has 0 heterocycles. The lowest BCUT2D eigenvalue weighted by Crippen LogP contribution is -1.94. The van der Waals surface area contributed by atoms with Gasteiger partial charge < -0.3 is 9.47 Å². The van der Waals surface area contributed by atoms with Crippen LogP contribution in [-0.4, -0.2) is 13.7 Å². The number of methoxy groups -OCH3 is 1. The fraction of sp³-hybridized carbons (Fsp3) is 0.105. The standard InChI is InChI=1S/C19H14BrNO2/c1-3-10-23-19-9-4-14(12-18(19)20)11-16(13-21)15-5-7-17(22-2)8-6-15/h1,4-9,11-12H,10H2,2H3/b16-11+. The van der Waals surface area contributed by atoms with Crippen LogP contribution in [0.2, 0.25) is 0 Å². The van der Waals surface area contributed by atoms with Crippen molar-refractivity contribution in [2.24, 2.45) is 0 Å². The lowest BCUT2D eigenvalue weighted by molar-refractivity contribution is 0.368. The van der Waals surface area contributed by atoms with E-state index in [-0.39, 0.29) is 6.61 Å². The quantitative estimate of drug-likeness (QED) is 0.442. The Morgan fingerprint density at radius 2 is 2.00 bits per heavy atom. The summed E-state index contributed by atoms with van der Waals surface area (Å²) in [7, 11) is 1.61. The Kier molecular flexibility index (Phi) is 5.86. The highest BCUT2D eigenvalue weighted by molar-refractivity contribution is 9.10. The molecule has 0 radical (unpaired) electrons. The maximum absolute atomic E-state index is 9.40. The van der Waals surface area contributed by atoms with Crippen molar-refractivity contribution < 1.29 is 9.47 Å². The Labute approximate surface area is 144 Å². The number of nitrogens with zero attached hydrogens (tertiary/aromatic N) is 1. The molecule has 23 heavy (non-hydrogen) atoms. The first-order chi connectivity index (χ1) is 11.2. The third-order valence-corrected chi connectivity index (χ3v) is 3.72. The van der Waals surface area contributed by atoms with Crippen LogP contribution in [0.5, 0.6) is 11.5 Å². The molecule has 0 saturated heterocycles. The Balaban J connectivity index is 2.29. The number of hydrogen-bond donors (Lipinski definition) is 0. The molecule has 0 bridgehead atoms. The SMILES string of the molecule is C#CCOc1ccc(/C=C(\C#N)c2ccc(OC)cc2)cc1Br. The molecular weight excluding hydrogens is 354 g/mol. The monoisotopic (exact) mass is 367 g/mol. The minimum absolute atomic E-state index is 0.211. The third kappa shape index (κ3) is 4.39. The van der Waals surface area contributed by atoms with Gasteiger partial charge in [-0.05, 0) is 69.5 Å². The van der Waals surface area contributed by atoms with Gasteiger partial charge in [-0.3, -0.25) is 0 Å². The number of ether oxygens (including phenoxy) is 2. The van der Waals surface area contributed by atoms with Gasteiger partial charge in [0.1, 0.15) is 18.1 Å². The molecule has 3 nitrogen and oxygen atoms in total. The lowest BCUT2D eigenvalue weighted by atomic mass is 10.0. The molecule has 0 unspecified atom stereocenters. The van der Waals surface area contributed by atoms with E-state index in [1.54, 1.807) is 7.11 Å². The van der Waals surface area contributed by atoms with Gasteiger partial charge in [0.2, 0.25) is 0 Å². The highest BCUT2D eigenvalue weighted by Gasteiger charge is 2.05. The van der Waals surface area contributed by atoms with E-state index in [9.17, 15) is 5.26 Å². The van der Waals surface area contributed by atoms with Gasteiger partial charge in [0.15, 0.2) is 0 Å². The summed E-state index contributed by atoms with van der Waals surface area (Å²) in [6, 6.07) is 15.2. The molecule has 0 aliphatic carbocycles. The zero-order chi connectivity index (χ0) is 16.7. The number of benzene rings is 2. The number of terminal acetylenes is 1. The van der Waals surface area contributed by atoms with Crippen molar-refractivity contribution in [3.63, 3.8) is 0 Å². The maximum atomic E-state index is 9.40. The zero-order valence-corrected chi connectivity index (χ0v) is 14.1. The van der Waals surface area contributed by atoms with Crippen LogP contribution in [0, 0.1) is 23.7 Å². The summed E-state index contributed by atoms with van der Waals surface area (Å²) >= 11 is 3.44. The van der Waals surface area contributed by atoms with E-state index in [1.165, 1.54) is 0 Å². The second kappa shape index (κ2) is 8.08. The second-order valence-corrected chi connectivity index (χ2v) is 5.44. The minimum atomic E-state index is 0.211. The summed E-state index contributed by atoms with van der Waals surface area (Å²) < 4.78 is 11.3. The molecule has 0 atom stereocenters. The lowest BCUT2D eigenvalue weighted by Gasteiger charge is -2.06. The Morgan fingerprint density at radius 3 is 2.57 bits per heavy atom. The fourth-order valence-corrected chi connectivity index (χ4v) is 2.47. The fourth-order valence-electron chi connectivity index (χ4n) is 1.96. The molecule has 4 heteroatoms. The third-order valence-electron chi connectivity index (χ3n) is 3.10. The molecule has 2 aromatic carbocycles. The molecule has 0 aliphatic rings. The molecule has 0 N–H and O–H groups in total. The molecular formula is C19H14BrNO2. The molecule has 0 saturated carbocycles. The molecule has 0 aromatic heterocycles. The van der Waals surface area contributed by atoms with Crippen molar-refractivity contribution in [3.8, 4) is 29.9 Å². The largest absolute Gasteiger partial charge is 0.497 e. The number of rotatable bonds is 5. The molecule has 2 aromatic rings. The van der Waals surface area contributed by atoms with Crippen LogP contribution in [0.1, 0.15) is 11.1 Å². The van der Waals surface area contributed by atoms with Crippen molar-refractivity contribution in [2.75, 3.05) is 13.7 Å². The van der Waals surface area contributed by atoms with E-state index in [2.05, 4.69) is 27.9 Å². The van der Waals surface area contributed by atoms with Crippen LogP contribution in [0.3, 0.4) is 0 Å². The highest BCUT2D eigenvalue weighted by atomic mass is 79.9. The van der Waals surface area contributed by atoms with Gasteiger partial charge >= 0.3 is 0 Å². The van der Waals surface area contributed by atoms with Crippen LogP contribution in [0.4, 0.5) is 0 Å². The summed E-state index contributed by atoms with van der Waals surface area (Å²) in [6.45, 7) is 0.211. The van der Waals surface area contributed by atoms with E-state index in [0.717, 1.165) is 21.3 Å². The first kappa shape index (κ1) is 16.7. The number of nitriles is 1. The molecule has 114 valence electrons. The maximum Gasteiger partial charge on any atom is 0.148 e. The normalized spacial score (nSPS) is 10.5. The van der Waals surface area contributed by atoms with E-state index in [0.29, 0.717) is 11.3 Å². The molecule has 0 spiro atoms. The van der Waals surface area contributed by atoms with Gasteiger partial charge in [-0.25, -0.2) is 0 Å². The van der Waals surface area contributed by atoms with Crippen LogP contribution < -0.4 is 9.47 Å². The van der Waals surface area contributed by atoms with Gasteiger partial charge in [0.05, 0.1) is 23.2 Å². The Bertz CT molecular complexity index is 796. The predicted octanol–water partition coefficient (Wildman–Crippen LogP) is 4.53. The molecule has 0 amide bonds. The Hall–Kier alpha value is -2.69. The van der Waals surface area contributed by atoms with Crippen LogP contribution >= 0.6 is 15.9 Å². The van der Waals surface area contributed by atoms with E-state index in [1.807, 2.05) is 48.5 Å². The molecule has 0 fully saturated rings. The van der Waals surface area contributed by atoms with E-state index < -0.39 is 0 Å². The van der Waals surface area contributed by atoms with Gasteiger partial charge in [-0.15, -0.1) is 6.42 Å². The average molecular weight is 368 g/mol. The van der Waals surface area contributed by atoms with E-state index in [4.69, 9.17) is 15.9 Å². The number of halogens is 1. The van der Waals surface area contributed by atoms with Gasteiger partial charge in [0, 0.05) is 0 Å². The molecule has 2 rings (SSSR count). The highest BCUT2D eigenvalue weighted by Crippen LogP contribution is 2.28. The summed E-state index contributed by atoms with van der Waals surface area (Å²) in [4.78, 5) is 0. The topological polar surface area (TPSA) is 42.2 Å². The summed E-state index contributed by atoms with van der Waals surface area (Å²) in [5.74, 6) is 3.84. The summed E-state index contributed by atoms with van der Waals surface area (Å²) in [5.41, 5.74) is 2.28. The predicted molar refractivity (Wildman–Crippen MR) is 94.9 cm³/mol. The van der Waals surface area contributed by atoms with Gasteiger partial charge in [0.25, 0.3) is 0 Å². The van der Waals surface area contributed by atoms with Crippen molar-refractivity contribution in [2.45, 2.75) is 0 Å². The van der Waals surface area contributed by atoms with Gasteiger partial charge in [-0.1, -0.05) is 12.0 Å². The van der Waals surface area contributed by atoms with E-state index >= 15 is 0 Å².